The van der Waals surface area contributed by atoms with Gasteiger partial charge in [0, 0.05) is 35.1 Å². The standard InChI is InChI=1S/C26H23N3O3/c30-24(27-19-13-11-18(12-14-19)26(32)28-15-5-6-16-28)17-29-22-9-3-1-7-20(22)25(31)21-8-2-4-10-23(21)29/h1-4,7-14H,5-6,15-17H2,(H,27,30). The van der Waals surface area contributed by atoms with Gasteiger partial charge in [-0.2, -0.15) is 0 Å². The van der Waals surface area contributed by atoms with E-state index in [9.17, 15) is 14.4 Å². The molecule has 1 aliphatic heterocycles. The number of likely N-dealkylation sites (tertiary alicyclic amines) is 1. The van der Waals surface area contributed by atoms with Crippen LogP contribution in [0.25, 0.3) is 21.8 Å². The van der Waals surface area contributed by atoms with Crippen molar-refractivity contribution in [1.29, 1.82) is 0 Å². The minimum Gasteiger partial charge on any atom is -0.339 e. The molecule has 2 amide bonds. The number of carbonyl (C=O) groups excluding carboxylic acids is 2. The first kappa shape index (κ1) is 20.0. The zero-order chi connectivity index (χ0) is 22.1. The third-order valence-electron chi connectivity index (χ3n) is 5.99. The van der Waals surface area contributed by atoms with Crippen LogP contribution < -0.4 is 10.7 Å². The Bertz CT molecular complexity index is 1320. The second-order valence-corrected chi connectivity index (χ2v) is 8.07. The number of fused-ring (bicyclic) bond motifs is 2. The van der Waals surface area contributed by atoms with Crippen LogP contribution in [0.15, 0.2) is 77.6 Å². The molecule has 1 saturated heterocycles. The average molecular weight is 425 g/mol. The van der Waals surface area contributed by atoms with Gasteiger partial charge >= 0.3 is 0 Å². The van der Waals surface area contributed by atoms with Gasteiger partial charge in [-0.25, -0.2) is 0 Å². The quantitative estimate of drug-likeness (QED) is 0.502. The summed E-state index contributed by atoms with van der Waals surface area (Å²) in [5.41, 5.74) is 2.66. The van der Waals surface area contributed by atoms with Crippen LogP contribution in [-0.4, -0.2) is 34.4 Å². The fourth-order valence-electron chi connectivity index (χ4n) is 4.39. The lowest BCUT2D eigenvalue weighted by Gasteiger charge is -2.16. The Labute approximate surface area is 185 Å². The molecule has 160 valence electrons. The maximum Gasteiger partial charge on any atom is 0.253 e. The molecule has 6 nitrogen and oxygen atoms in total. The lowest BCUT2D eigenvalue weighted by atomic mass is 10.1. The number of nitrogens with zero attached hydrogens (tertiary/aromatic N) is 2. The van der Waals surface area contributed by atoms with E-state index in [2.05, 4.69) is 5.32 Å². The minimum absolute atomic E-state index is 0.0339. The molecule has 0 saturated carbocycles. The van der Waals surface area contributed by atoms with Gasteiger partial charge in [0.1, 0.15) is 6.54 Å². The van der Waals surface area contributed by atoms with Crippen molar-refractivity contribution in [3.63, 3.8) is 0 Å². The van der Waals surface area contributed by atoms with Crippen LogP contribution in [0.3, 0.4) is 0 Å². The summed E-state index contributed by atoms with van der Waals surface area (Å²) in [6.45, 7) is 1.67. The molecule has 5 rings (SSSR count). The smallest absolute Gasteiger partial charge is 0.253 e. The lowest BCUT2D eigenvalue weighted by molar-refractivity contribution is -0.116. The Kier molecular flexibility index (Phi) is 5.19. The number of aromatic nitrogens is 1. The molecule has 1 fully saturated rings. The Balaban J connectivity index is 1.40. The molecule has 0 spiro atoms. The number of hydrogen-bond donors (Lipinski definition) is 1. The molecule has 0 aliphatic carbocycles. The van der Waals surface area contributed by atoms with Gasteiger partial charge in [0.05, 0.1) is 11.0 Å². The SMILES string of the molecule is O=C(Cn1c2ccccc2c(=O)c2ccccc21)Nc1ccc(C(=O)N2CCCC2)cc1. The molecule has 0 atom stereocenters. The fourth-order valence-corrected chi connectivity index (χ4v) is 4.39. The van der Waals surface area contributed by atoms with Crippen molar-refractivity contribution >= 4 is 39.3 Å². The summed E-state index contributed by atoms with van der Waals surface area (Å²) in [5.74, 6) is -0.172. The first-order valence-corrected chi connectivity index (χ1v) is 10.8. The van der Waals surface area contributed by atoms with Crippen LogP contribution in [0.1, 0.15) is 23.2 Å². The molecule has 1 aromatic heterocycles. The van der Waals surface area contributed by atoms with Crippen LogP contribution >= 0.6 is 0 Å². The highest BCUT2D eigenvalue weighted by molar-refractivity contribution is 5.98. The second kappa shape index (κ2) is 8.30. The lowest BCUT2D eigenvalue weighted by Crippen LogP contribution is -2.27. The molecule has 4 aromatic rings. The van der Waals surface area contributed by atoms with Crippen molar-refractivity contribution in [3.8, 4) is 0 Å². The van der Waals surface area contributed by atoms with Crippen molar-refractivity contribution in [3.05, 3.63) is 88.6 Å². The van der Waals surface area contributed by atoms with Crippen molar-refractivity contribution < 1.29 is 9.59 Å². The average Bonchev–Trinajstić information content (AvgIpc) is 3.37. The molecule has 2 heterocycles. The first-order valence-electron chi connectivity index (χ1n) is 10.8. The second-order valence-electron chi connectivity index (χ2n) is 8.07. The van der Waals surface area contributed by atoms with Gasteiger partial charge in [-0.3, -0.25) is 14.4 Å². The van der Waals surface area contributed by atoms with Crippen LogP contribution in [-0.2, 0) is 11.3 Å². The number of rotatable bonds is 4. The highest BCUT2D eigenvalue weighted by atomic mass is 16.2. The molecule has 32 heavy (non-hydrogen) atoms. The van der Waals surface area contributed by atoms with E-state index >= 15 is 0 Å². The zero-order valence-corrected chi connectivity index (χ0v) is 17.6. The zero-order valence-electron chi connectivity index (χ0n) is 17.6. The van der Waals surface area contributed by atoms with E-state index in [0.717, 1.165) is 37.0 Å². The topological polar surface area (TPSA) is 71.4 Å². The van der Waals surface area contributed by atoms with Gasteiger partial charge in [0.2, 0.25) is 5.91 Å². The molecule has 1 N–H and O–H groups in total. The Hall–Kier alpha value is -3.93. The van der Waals surface area contributed by atoms with E-state index in [-0.39, 0.29) is 23.8 Å². The molecular formula is C26H23N3O3. The monoisotopic (exact) mass is 425 g/mol. The van der Waals surface area contributed by atoms with Crippen molar-refractivity contribution in [2.75, 3.05) is 18.4 Å². The summed E-state index contributed by atoms with van der Waals surface area (Å²) in [7, 11) is 0. The van der Waals surface area contributed by atoms with E-state index in [1.54, 1.807) is 36.4 Å². The molecule has 0 unspecified atom stereocenters. The van der Waals surface area contributed by atoms with Gasteiger partial charge in [0.15, 0.2) is 5.43 Å². The van der Waals surface area contributed by atoms with Crippen LogP contribution in [0.2, 0.25) is 0 Å². The van der Waals surface area contributed by atoms with E-state index in [4.69, 9.17) is 0 Å². The molecular weight excluding hydrogens is 402 g/mol. The number of nitrogens with one attached hydrogen (secondary N) is 1. The van der Waals surface area contributed by atoms with Gasteiger partial charge in [0.25, 0.3) is 5.91 Å². The van der Waals surface area contributed by atoms with E-state index < -0.39 is 0 Å². The minimum atomic E-state index is -0.206. The Morgan fingerprint density at radius 3 is 1.94 bits per heavy atom. The summed E-state index contributed by atoms with van der Waals surface area (Å²) in [4.78, 5) is 40.1. The van der Waals surface area contributed by atoms with Crippen LogP contribution in [0.4, 0.5) is 5.69 Å². The summed E-state index contributed by atoms with van der Waals surface area (Å²) in [6, 6.07) is 21.7. The fraction of sp³-hybridized carbons (Fsp3) is 0.192. The summed E-state index contributed by atoms with van der Waals surface area (Å²) in [6.07, 6.45) is 2.10. The summed E-state index contributed by atoms with van der Waals surface area (Å²) in [5, 5.41) is 4.08. The number of hydrogen-bond acceptors (Lipinski definition) is 3. The number of pyridine rings is 1. The molecule has 6 heteroatoms. The number of anilines is 1. The van der Waals surface area contributed by atoms with Crippen molar-refractivity contribution in [2.45, 2.75) is 19.4 Å². The predicted octanol–water partition coefficient (Wildman–Crippen LogP) is 4.03. The normalized spacial score (nSPS) is 13.6. The summed E-state index contributed by atoms with van der Waals surface area (Å²) < 4.78 is 1.87. The molecule has 0 bridgehead atoms. The molecule has 0 radical (unpaired) electrons. The number of benzene rings is 3. The predicted molar refractivity (Wildman–Crippen MR) is 126 cm³/mol. The van der Waals surface area contributed by atoms with Gasteiger partial charge in [-0.1, -0.05) is 24.3 Å². The molecule has 3 aromatic carbocycles. The van der Waals surface area contributed by atoms with Gasteiger partial charge < -0.3 is 14.8 Å². The summed E-state index contributed by atoms with van der Waals surface area (Å²) >= 11 is 0. The Morgan fingerprint density at radius 2 is 1.34 bits per heavy atom. The highest BCUT2D eigenvalue weighted by Gasteiger charge is 2.19. The first-order chi connectivity index (χ1) is 15.6. The highest BCUT2D eigenvalue weighted by Crippen LogP contribution is 2.20. The Morgan fingerprint density at radius 1 is 0.781 bits per heavy atom. The van der Waals surface area contributed by atoms with Crippen LogP contribution in [0.5, 0.6) is 0 Å². The van der Waals surface area contributed by atoms with E-state index in [1.165, 1.54) is 0 Å². The van der Waals surface area contributed by atoms with Crippen LogP contribution in [0, 0.1) is 0 Å². The van der Waals surface area contributed by atoms with E-state index in [1.807, 2.05) is 45.9 Å². The number of carbonyl (C=O) groups is 2. The van der Waals surface area contributed by atoms with Gasteiger partial charge in [-0.15, -0.1) is 0 Å². The number of amides is 2. The largest absolute Gasteiger partial charge is 0.339 e. The van der Waals surface area contributed by atoms with E-state index in [0.29, 0.717) is 22.0 Å². The maximum atomic E-state index is 12.9. The van der Waals surface area contributed by atoms with Crippen molar-refractivity contribution in [1.82, 2.24) is 9.47 Å². The van der Waals surface area contributed by atoms with Gasteiger partial charge in [-0.05, 0) is 61.4 Å². The third kappa shape index (κ3) is 3.64. The third-order valence-corrected chi connectivity index (χ3v) is 5.99. The molecule has 1 aliphatic rings. The maximum absolute atomic E-state index is 12.9. The van der Waals surface area contributed by atoms with Crippen molar-refractivity contribution in [2.24, 2.45) is 0 Å². The number of para-hydroxylation sites is 2.